The van der Waals surface area contributed by atoms with Gasteiger partial charge >= 0.3 is 6.09 Å². The number of likely N-dealkylation sites (N-methyl/N-ethyl adjacent to an activating group) is 1. The Morgan fingerprint density at radius 2 is 1.72 bits per heavy atom. The van der Waals surface area contributed by atoms with Crippen LogP contribution in [0.25, 0.3) is 0 Å². The zero-order chi connectivity index (χ0) is 24.1. The van der Waals surface area contributed by atoms with Crippen molar-refractivity contribution < 1.29 is 19.1 Å². The van der Waals surface area contributed by atoms with Crippen LogP contribution in [0.4, 0.5) is 4.79 Å². The zero-order valence-corrected chi connectivity index (χ0v) is 20.6. The van der Waals surface area contributed by atoms with Crippen molar-refractivity contribution in [3.63, 3.8) is 0 Å². The summed E-state index contributed by atoms with van der Waals surface area (Å²) in [6.45, 7) is 10.8. The Bertz CT molecular complexity index is 825. The SMILES string of the molecule is Cc1ccc(C)c(C(C(=O)NC2CCCCC2)N(C)C(=O)C(C)NC(=O)OC(C)(C)C)c1. The molecular formula is C25H39N3O4. The maximum absolute atomic E-state index is 13.4. The maximum atomic E-state index is 13.4. The van der Waals surface area contributed by atoms with E-state index in [1.165, 1.54) is 11.3 Å². The summed E-state index contributed by atoms with van der Waals surface area (Å²) in [5.74, 6) is -0.550. The molecule has 0 aromatic heterocycles. The smallest absolute Gasteiger partial charge is 0.408 e. The van der Waals surface area contributed by atoms with Crippen LogP contribution in [-0.4, -0.2) is 47.5 Å². The highest BCUT2D eigenvalue weighted by molar-refractivity contribution is 5.92. The fourth-order valence-electron chi connectivity index (χ4n) is 4.09. The van der Waals surface area contributed by atoms with E-state index in [1.807, 2.05) is 32.0 Å². The number of hydrogen-bond acceptors (Lipinski definition) is 4. The molecule has 1 aromatic carbocycles. The van der Waals surface area contributed by atoms with Gasteiger partial charge in [-0.15, -0.1) is 0 Å². The molecule has 178 valence electrons. The molecule has 3 amide bonds. The van der Waals surface area contributed by atoms with Crippen LogP contribution in [0.1, 0.15) is 82.5 Å². The molecule has 0 heterocycles. The van der Waals surface area contributed by atoms with E-state index >= 15 is 0 Å². The van der Waals surface area contributed by atoms with Crippen molar-refractivity contribution in [2.75, 3.05) is 7.05 Å². The fourth-order valence-corrected chi connectivity index (χ4v) is 4.09. The summed E-state index contributed by atoms with van der Waals surface area (Å²) in [5, 5.41) is 5.75. The molecule has 2 N–H and O–H groups in total. The van der Waals surface area contributed by atoms with Gasteiger partial charge in [-0.05, 0) is 65.5 Å². The van der Waals surface area contributed by atoms with Gasteiger partial charge in [0, 0.05) is 13.1 Å². The lowest BCUT2D eigenvalue weighted by Crippen LogP contribution is -2.51. The highest BCUT2D eigenvalue weighted by Gasteiger charge is 2.34. The molecule has 2 rings (SSSR count). The average molecular weight is 446 g/mol. The van der Waals surface area contributed by atoms with Crippen molar-refractivity contribution in [1.29, 1.82) is 0 Å². The maximum Gasteiger partial charge on any atom is 0.408 e. The van der Waals surface area contributed by atoms with Crippen molar-refractivity contribution in [3.8, 4) is 0 Å². The first-order chi connectivity index (χ1) is 14.9. The number of nitrogens with one attached hydrogen (secondary N) is 2. The van der Waals surface area contributed by atoms with Gasteiger partial charge in [0.25, 0.3) is 0 Å². The molecule has 1 aromatic rings. The van der Waals surface area contributed by atoms with Gasteiger partial charge in [0.05, 0.1) is 0 Å². The van der Waals surface area contributed by atoms with Crippen LogP contribution in [0.5, 0.6) is 0 Å². The van der Waals surface area contributed by atoms with Crippen molar-refractivity contribution in [2.24, 2.45) is 0 Å². The third-order valence-corrected chi connectivity index (χ3v) is 5.77. The highest BCUT2D eigenvalue weighted by atomic mass is 16.6. The Balaban J connectivity index is 2.25. The molecule has 1 aliphatic rings. The first-order valence-electron chi connectivity index (χ1n) is 11.5. The average Bonchev–Trinajstić information content (AvgIpc) is 2.69. The number of carbonyl (C=O) groups is 3. The summed E-state index contributed by atoms with van der Waals surface area (Å²) in [6, 6.07) is 4.41. The molecule has 32 heavy (non-hydrogen) atoms. The predicted octanol–water partition coefficient (Wildman–Crippen LogP) is 4.17. The number of aryl methyl sites for hydroxylation is 2. The Kier molecular flexibility index (Phi) is 8.70. The topological polar surface area (TPSA) is 87.7 Å². The van der Waals surface area contributed by atoms with Crippen LogP contribution in [-0.2, 0) is 14.3 Å². The van der Waals surface area contributed by atoms with Crippen LogP contribution in [0.3, 0.4) is 0 Å². The van der Waals surface area contributed by atoms with Crippen molar-refractivity contribution in [2.45, 2.75) is 97.4 Å². The Labute approximate surface area is 192 Å². The Hall–Kier alpha value is -2.57. The molecule has 2 unspecified atom stereocenters. The largest absolute Gasteiger partial charge is 0.444 e. The number of ether oxygens (including phenoxy) is 1. The highest BCUT2D eigenvalue weighted by Crippen LogP contribution is 2.27. The molecule has 1 aliphatic carbocycles. The first kappa shape index (κ1) is 25.7. The van der Waals surface area contributed by atoms with Crippen molar-refractivity contribution in [3.05, 3.63) is 34.9 Å². The molecule has 7 heteroatoms. The van der Waals surface area contributed by atoms with Gasteiger partial charge in [0.2, 0.25) is 11.8 Å². The summed E-state index contributed by atoms with van der Waals surface area (Å²) in [5.41, 5.74) is 2.08. The summed E-state index contributed by atoms with van der Waals surface area (Å²) < 4.78 is 5.27. The number of benzene rings is 1. The second-order valence-electron chi connectivity index (χ2n) is 9.92. The van der Waals surface area contributed by atoms with Gasteiger partial charge in [-0.25, -0.2) is 4.79 Å². The number of carbonyl (C=O) groups excluding carboxylic acids is 3. The molecule has 0 bridgehead atoms. The Morgan fingerprint density at radius 1 is 1.09 bits per heavy atom. The number of amides is 3. The molecule has 0 aliphatic heterocycles. The normalized spacial score (nSPS) is 16.6. The molecule has 1 fully saturated rings. The van der Waals surface area contributed by atoms with E-state index in [9.17, 15) is 14.4 Å². The minimum Gasteiger partial charge on any atom is -0.444 e. The first-order valence-corrected chi connectivity index (χ1v) is 11.5. The Morgan fingerprint density at radius 3 is 2.31 bits per heavy atom. The van der Waals surface area contributed by atoms with Gasteiger partial charge in [0.15, 0.2) is 0 Å². The standard InChI is InChI=1S/C25H39N3O4/c1-16-13-14-17(2)20(15-16)21(22(29)27-19-11-9-8-10-12-19)28(7)23(30)18(3)26-24(31)32-25(4,5)6/h13-15,18-19,21H,8-12H2,1-7H3,(H,26,31)(H,27,29). The molecule has 0 radical (unpaired) electrons. The van der Waals surface area contributed by atoms with E-state index in [-0.39, 0.29) is 17.9 Å². The van der Waals surface area contributed by atoms with E-state index in [2.05, 4.69) is 10.6 Å². The van der Waals surface area contributed by atoms with Crippen molar-refractivity contribution >= 4 is 17.9 Å². The minimum atomic E-state index is -0.843. The van der Waals surface area contributed by atoms with Gasteiger partial charge in [0.1, 0.15) is 17.7 Å². The van der Waals surface area contributed by atoms with Crippen LogP contribution in [0.15, 0.2) is 18.2 Å². The number of nitrogens with zero attached hydrogens (tertiary/aromatic N) is 1. The quantitative estimate of drug-likeness (QED) is 0.688. The lowest BCUT2D eigenvalue weighted by Gasteiger charge is -2.33. The minimum absolute atomic E-state index is 0.129. The van der Waals surface area contributed by atoms with E-state index in [1.54, 1.807) is 34.7 Å². The van der Waals surface area contributed by atoms with E-state index in [0.29, 0.717) is 0 Å². The lowest BCUT2D eigenvalue weighted by molar-refractivity contribution is -0.140. The summed E-state index contributed by atoms with van der Waals surface area (Å²) in [6.07, 6.45) is 4.65. The van der Waals surface area contributed by atoms with Crippen molar-refractivity contribution in [1.82, 2.24) is 15.5 Å². The predicted molar refractivity (Wildman–Crippen MR) is 125 cm³/mol. The number of hydrogen-bond donors (Lipinski definition) is 2. The molecular weight excluding hydrogens is 406 g/mol. The molecule has 0 saturated heterocycles. The van der Waals surface area contributed by atoms with E-state index < -0.39 is 23.8 Å². The van der Waals surface area contributed by atoms with E-state index in [4.69, 9.17) is 4.74 Å². The second kappa shape index (κ2) is 10.8. The van der Waals surface area contributed by atoms with Crippen LogP contribution < -0.4 is 10.6 Å². The monoisotopic (exact) mass is 445 g/mol. The van der Waals surface area contributed by atoms with E-state index in [0.717, 1.165) is 42.4 Å². The van der Waals surface area contributed by atoms with Gasteiger partial charge in [-0.3, -0.25) is 9.59 Å². The van der Waals surface area contributed by atoms with Crippen LogP contribution in [0, 0.1) is 13.8 Å². The molecule has 1 saturated carbocycles. The summed E-state index contributed by atoms with van der Waals surface area (Å²) >= 11 is 0. The third kappa shape index (κ3) is 7.24. The summed E-state index contributed by atoms with van der Waals surface area (Å²) in [4.78, 5) is 40.2. The fraction of sp³-hybridized carbons (Fsp3) is 0.640. The van der Waals surface area contributed by atoms with Gasteiger partial charge < -0.3 is 20.3 Å². The second-order valence-corrected chi connectivity index (χ2v) is 9.92. The molecule has 2 atom stereocenters. The zero-order valence-electron chi connectivity index (χ0n) is 20.6. The van der Waals surface area contributed by atoms with Crippen LogP contribution >= 0.6 is 0 Å². The summed E-state index contributed by atoms with van der Waals surface area (Å²) in [7, 11) is 1.61. The third-order valence-electron chi connectivity index (χ3n) is 5.77. The van der Waals surface area contributed by atoms with Gasteiger partial charge in [-0.1, -0.05) is 43.0 Å². The number of alkyl carbamates (subject to hydrolysis) is 1. The lowest BCUT2D eigenvalue weighted by atomic mass is 9.93. The molecule has 7 nitrogen and oxygen atoms in total. The number of rotatable bonds is 6. The van der Waals surface area contributed by atoms with Gasteiger partial charge in [-0.2, -0.15) is 0 Å². The van der Waals surface area contributed by atoms with Crippen LogP contribution in [0.2, 0.25) is 0 Å². The molecule has 0 spiro atoms.